The summed E-state index contributed by atoms with van der Waals surface area (Å²) >= 11 is 0. The number of benzene rings is 1. The van der Waals surface area contributed by atoms with Gasteiger partial charge in [0.25, 0.3) is 0 Å². The van der Waals surface area contributed by atoms with Crippen molar-refractivity contribution >= 4 is 0 Å². The second-order valence-electron chi connectivity index (χ2n) is 11.0. The van der Waals surface area contributed by atoms with Crippen molar-refractivity contribution in [3.8, 4) is 5.69 Å². The fraction of sp³-hybridized carbons (Fsp3) is 0.593. The molecule has 0 saturated heterocycles. The maximum Gasteiger partial charge on any atom is 0.123 e. The van der Waals surface area contributed by atoms with Crippen LogP contribution in [0.1, 0.15) is 57.7 Å². The molecule has 3 aliphatic carbocycles. The van der Waals surface area contributed by atoms with E-state index in [4.69, 9.17) is 5.10 Å². The predicted octanol–water partition coefficient (Wildman–Crippen LogP) is 5.74. The summed E-state index contributed by atoms with van der Waals surface area (Å²) in [6.45, 7) is 11.9. The first-order valence-corrected chi connectivity index (χ1v) is 11.9. The maximum atomic E-state index is 13.4. The van der Waals surface area contributed by atoms with Gasteiger partial charge in [0.1, 0.15) is 5.82 Å². The van der Waals surface area contributed by atoms with Gasteiger partial charge in [-0.25, -0.2) is 9.07 Å². The molecule has 1 aromatic heterocycles. The van der Waals surface area contributed by atoms with E-state index in [2.05, 4.69) is 33.5 Å². The van der Waals surface area contributed by atoms with Gasteiger partial charge in [0.2, 0.25) is 0 Å². The van der Waals surface area contributed by atoms with Gasteiger partial charge in [-0.3, -0.25) is 0 Å². The molecule has 0 spiro atoms. The van der Waals surface area contributed by atoms with Crippen LogP contribution in [-0.2, 0) is 12.8 Å². The molecule has 0 unspecified atom stereocenters. The second-order valence-corrected chi connectivity index (χ2v) is 11.0. The lowest BCUT2D eigenvalue weighted by Gasteiger charge is -2.55. The van der Waals surface area contributed by atoms with Gasteiger partial charge < -0.3 is 5.11 Å². The Morgan fingerprint density at radius 3 is 2.65 bits per heavy atom. The Morgan fingerprint density at radius 2 is 1.94 bits per heavy atom. The molecule has 2 aromatic rings. The Balaban J connectivity index is 1.46. The summed E-state index contributed by atoms with van der Waals surface area (Å²) in [5.74, 6) is 1.92. The molecule has 31 heavy (non-hydrogen) atoms. The van der Waals surface area contributed by atoms with Gasteiger partial charge in [0.15, 0.2) is 0 Å². The molecule has 0 radical (unpaired) electrons. The van der Waals surface area contributed by atoms with Crippen LogP contribution in [0.5, 0.6) is 0 Å². The predicted molar refractivity (Wildman–Crippen MR) is 121 cm³/mol. The van der Waals surface area contributed by atoms with E-state index in [1.54, 1.807) is 12.1 Å². The second kappa shape index (κ2) is 7.30. The van der Waals surface area contributed by atoms with Crippen LogP contribution in [-0.4, -0.2) is 21.5 Å². The number of aliphatic hydroxyl groups excluding tert-OH is 1. The molecule has 1 heterocycles. The van der Waals surface area contributed by atoms with Crippen molar-refractivity contribution in [2.75, 3.05) is 6.61 Å². The van der Waals surface area contributed by atoms with Crippen LogP contribution in [0.15, 0.2) is 42.6 Å². The van der Waals surface area contributed by atoms with Crippen LogP contribution >= 0.6 is 0 Å². The lowest BCUT2D eigenvalue weighted by molar-refractivity contribution is -0.0503. The third-order valence-corrected chi connectivity index (χ3v) is 9.61. The van der Waals surface area contributed by atoms with Crippen LogP contribution < -0.4 is 0 Å². The molecule has 0 aliphatic heterocycles. The molecule has 2 fully saturated rings. The average molecular weight is 423 g/mol. The highest BCUT2D eigenvalue weighted by molar-refractivity contribution is 5.35. The molecule has 0 amide bonds. The normalized spacial score (nSPS) is 37.5. The summed E-state index contributed by atoms with van der Waals surface area (Å²) in [6.07, 6.45) is 8.77. The van der Waals surface area contributed by atoms with Gasteiger partial charge in [0.05, 0.1) is 11.4 Å². The average Bonchev–Trinajstić information content (AvgIpc) is 3.28. The largest absolute Gasteiger partial charge is 0.396 e. The number of nitrogens with zero attached hydrogens (tertiary/aromatic N) is 2. The zero-order valence-electron chi connectivity index (χ0n) is 19.1. The molecule has 3 nitrogen and oxygen atoms in total. The monoisotopic (exact) mass is 422 g/mol. The first-order chi connectivity index (χ1) is 14.8. The van der Waals surface area contributed by atoms with Crippen LogP contribution in [0, 0.1) is 40.3 Å². The van der Waals surface area contributed by atoms with E-state index in [0.29, 0.717) is 23.2 Å². The molecule has 3 aliphatic rings. The lowest BCUT2D eigenvalue weighted by Crippen LogP contribution is -2.50. The van der Waals surface area contributed by atoms with E-state index < -0.39 is 0 Å². The van der Waals surface area contributed by atoms with Crippen LogP contribution in [0.3, 0.4) is 0 Å². The first kappa shape index (κ1) is 20.9. The highest BCUT2D eigenvalue weighted by Crippen LogP contribution is 2.62. The number of aliphatic hydroxyl groups is 1. The van der Waals surface area contributed by atoms with E-state index >= 15 is 0 Å². The third-order valence-electron chi connectivity index (χ3n) is 9.61. The Kier molecular flexibility index (Phi) is 4.93. The van der Waals surface area contributed by atoms with Crippen LogP contribution in [0.2, 0.25) is 0 Å². The summed E-state index contributed by atoms with van der Waals surface area (Å²) in [4.78, 5) is 0. The topological polar surface area (TPSA) is 38.0 Å². The lowest BCUT2D eigenvalue weighted by atomic mass is 9.50. The number of aromatic nitrogens is 2. The van der Waals surface area contributed by atoms with Gasteiger partial charge in [-0.1, -0.05) is 32.9 Å². The first-order valence-electron chi connectivity index (χ1n) is 11.9. The summed E-state index contributed by atoms with van der Waals surface area (Å²) in [7, 11) is 0. The summed E-state index contributed by atoms with van der Waals surface area (Å²) < 4.78 is 15.2. The highest BCUT2D eigenvalue weighted by Gasteiger charge is 2.55. The fourth-order valence-corrected chi connectivity index (χ4v) is 7.55. The smallest absolute Gasteiger partial charge is 0.123 e. The quantitative estimate of drug-likeness (QED) is 0.640. The van der Waals surface area contributed by atoms with E-state index in [-0.39, 0.29) is 23.8 Å². The van der Waals surface area contributed by atoms with E-state index in [1.807, 2.05) is 4.68 Å². The number of fused-ring (bicyclic) bond motifs is 2. The Morgan fingerprint density at radius 1 is 1.19 bits per heavy atom. The fourth-order valence-electron chi connectivity index (χ4n) is 7.55. The van der Waals surface area contributed by atoms with Crippen molar-refractivity contribution in [1.82, 2.24) is 9.78 Å². The standard InChI is InChI=1S/C27H35FN2O/c1-17-5-10-23-18(2)24(11-12-26(17,23)3)27(4)14-19-15-30(22-8-6-21(28)7-9-22)29-25(19)13-20(27)16-31/h6-9,15,18,20,23-24,31H,1,5,10-14,16H2,2-4H3/t18-,20+,23-,24-,26+,27-/m0/s1. The van der Waals surface area contributed by atoms with Crippen molar-refractivity contribution < 1.29 is 9.50 Å². The third kappa shape index (κ3) is 3.13. The van der Waals surface area contributed by atoms with Gasteiger partial charge in [0, 0.05) is 12.8 Å². The number of hydrogen-bond acceptors (Lipinski definition) is 2. The van der Waals surface area contributed by atoms with Crippen molar-refractivity contribution in [2.45, 2.75) is 59.3 Å². The minimum Gasteiger partial charge on any atom is -0.396 e. The number of allylic oxidation sites excluding steroid dienone is 1. The molecule has 0 bridgehead atoms. The van der Waals surface area contributed by atoms with Crippen LogP contribution in [0.25, 0.3) is 5.69 Å². The van der Waals surface area contributed by atoms with E-state index in [9.17, 15) is 9.50 Å². The molecular formula is C27H35FN2O. The van der Waals surface area contributed by atoms with Gasteiger partial charge in [-0.15, -0.1) is 0 Å². The molecule has 166 valence electrons. The zero-order valence-corrected chi connectivity index (χ0v) is 19.1. The van der Waals surface area contributed by atoms with Crippen molar-refractivity contribution in [1.29, 1.82) is 0 Å². The Bertz CT molecular complexity index is 995. The molecule has 4 heteroatoms. The van der Waals surface area contributed by atoms with Crippen molar-refractivity contribution in [3.05, 3.63) is 59.7 Å². The maximum absolute atomic E-state index is 13.4. The Hall–Kier alpha value is -1.94. The molecule has 5 rings (SSSR count). The van der Waals surface area contributed by atoms with E-state index in [0.717, 1.165) is 24.2 Å². The number of hydrogen-bond donors (Lipinski definition) is 1. The highest BCUT2D eigenvalue weighted by atomic mass is 19.1. The van der Waals surface area contributed by atoms with Crippen molar-refractivity contribution in [2.24, 2.45) is 34.5 Å². The summed E-state index contributed by atoms with van der Waals surface area (Å²) in [6, 6.07) is 6.50. The number of rotatable bonds is 3. The zero-order chi connectivity index (χ0) is 22.0. The number of halogens is 1. The molecule has 2 saturated carbocycles. The SMILES string of the molecule is C=C1CC[C@H]2[C@H](C)[C@@H]([C@@]3(C)Cc4cn(-c5ccc(F)cc5)nc4C[C@@H]3CO)CC[C@]12C. The molecule has 1 N–H and O–H groups in total. The molecule has 1 aromatic carbocycles. The van der Waals surface area contributed by atoms with Crippen LogP contribution in [0.4, 0.5) is 4.39 Å². The van der Waals surface area contributed by atoms with Gasteiger partial charge >= 0.3 is 0 Å². The van der Waals surface area contributed by atoms with E-state index in [1.165, 1.54) is 49.0 Å². The summed E-state index contributed by atoms with van der Waals surface area (Å²) in [5, 5.41) is 15.2. The summed E-state index contributed by atoms with van der Waals surface area (Å²) in [5.41, 5.74) is 5.07. The molecular weight excluding hydrogens is 387 g/mol. The Labute approximate surface area is 185 Å². The minimum atomic E-state index is -0.235. The van der Waals surface area contributed by atoms with Gasteiger partial charge in [-0.2, -0.15) is 5.10 Å². The van der Waals surface area contributed by atoms with Crippen molar-refractivity contribution in [3.63, 3.8) is 0 Å². The molecule has 6 atom stereocenters. The van der Waals surface area contributed by atoms with Gasteiger partial charge in [-0.05, 0) is 103 Å². The minimum absolute atomic E-state index is 0.0586.